The van der Waals surface area contributed by atoms with E-state index in [-0.39, 0.29) is 24.2 Å². The Morgan fingerprint density at radius 3 is 2.02 bits per heavy atom. The highest BCUT2D eigenvalue weighted by Crippen LogP contribution is 2.28. The van der Waals surface area contributed by atoms with Gasteiger partial charge in [-0.1, -0.05) is 84.0 Å². The standard InChI is InChI=1S/C28H49FN4O7/c1-3-4-5-6-7-8-9-10-11-12-13-14-15-16-23(36)39-18-21(35)24(29)26-25(32-19(2)34)20(33-28(30)31)17-22(40-26)27(37)38/h21-22,24,26,35H,3-18H2,1-2H3,(H,32,34)(H,37,38)(H4,30,31,33)/t21?,22-,24?,26?/m0/s1. The van der Waals surface area contributed by atoms with Gasteiger partial charge in [-0.05, 0) is 6.42 Å². The Kier molecular flexibility index (Phi) is 17.8. The fourth-order valence-electron chi connectivity index (χ4n) is 4.59. The third-order valence-electron chi connectivity index (χ3n) is 6.74. The van der Waals surface area contributed by atoms with Crippen molar-refractivity contribution in [3.63, 3.8) is 0 Å². The molecule has 3 unspecified atom stereocenters. The van der Waals surface area contributed by atoms with Crippen LogP contribution in [0.3, 0.4) is 0 Å². The number of hydrogen-bond acceptors (Lipinski definition) is 7. The molecule has 12 heteroatoms. The summed E-state index contributed by atoms with van der Waals surface area (Å²) in [6, 6.07) is 0. The molecule has 0 fully saturated rings. The van der Waals surface area contributed by atoms with Crippen LogP contribution in [0.4, 0.5) is 4.39 Å². The van der Waals surface area contributed by atoms with Crippen LogP contribution in [0.1, 0.15) is 110 Å². The van der Waals surface area contributed by atoms with E-state index in [9.17, 15) is 24.6 Å². The molecule has 0 bridgehead atoms. The predicted octanol–water partition coefficient (Wildman–Crippen LogP) is 3.78. The maximum Gasteiger partial charge on any atom is 0.333 e. The number of carbonyl (C=O) groups is 3. The minimum absolute atomic E-state index is 0.0272. The van der Waals surface area contributed by atoms with E-state index >= 15 is 4.39 Å². The third-order valence-corrected chi connectivity index (χ3v) is 6.74. The van der Waals surface area contributed by atoms with Crippen molar-refractivity contribution < 1.29 is 38.5 Å². The molecule has 0 spiro atoms. The van der Waals surface area contributed by atoms with Gasteiger partial charge in [-0.15, -0.1) is 0 Å². The number of aliphatic hydroxyl groups is 1. The van der Waals surface area contributed by atoms with Crippen molar-refractivity contribution in [1.82, 2.24) is 10.6 Å². The Bertz CT molecular complexity index is 839. The molecule has 0 aromatic carbocycles. The highest BCUT2D eigenvalue weighted by Gasteiger charge is 2.42. The summed E-state index contributed by atoms with van der Waals surface area (Å²) in [5.74, 6) is -3.13. The fourth-order valence-corrected chi connectivity index (χ4v) is 4.59. The Morgan fingerprint density at radius 1 is 1.02 bits per heavy atom. The first kappa shape index (κ1) is 35.3. The maximum absolute atomic E-state index is 15.3. The molecule has 230 valence electrons. The van der Waals surface area contributed by atoms with Gasteiger partial charge in [-0.3, -0.25) is 15.0 Å². The number of unbranched alkanes of at least 4 members (excludes halogenated alkanes) is 12. The molecule has 4 atom stereocenters. The number of carboxylic acid groups (broad SMARTS) is 1. The lowest BCUT2D eigenvalue weighted by molar-refractivity contribution is -0.162. The molecule has 1 heterocycles. The van der Waals surface area contributed by atoms with Crippen molar-refractivity contribution in [3.05, 3.63) is 11.4 Å². The summed E-state index contributed by atoms with van der Waals surface area (Å²) in [6.07, 6.45) is 7.74. The van der Waals surface area contributed by atoms with Crippen molar-refractivity contribution in [1.29, 1.82) is 5.41 Å². The lowest BCUT2D eigenvalue weighted by atomic mass is 9.98. The zero-order chi connectivity index (χ0) is 29.9. The van der Waals surface area contributed by atoms with E-state index in [4.69, 9.17) is 20.6 Å². The molecule has 1 aliphatic rings. The van der Waals surface area contributed by atoms with E-state index in [1.54, 1.807) is 0 Å². The van der Waals surface area contributed by atoms with Crippen LogP contribution < -0.4 is 16.4 Å². The predicted molar refractivity (Wildman–Crippen MR) is 149 cm³/mol. The van der Waals surface area contributed by atoms with Crippen molar-refractivity contribution in [3.8, 4) is 0 Å². The highest BCUT2D eigenvalue weighted by atomic mass is 19.1. The van der Waals surface area contributed by atoms with E-state index in [0.717, 1.165) is 26.2 Å². The lowest BCUT2D eigenvalue weighted by Gasteiger charge is -2.35. The van der Waals surface area contributed by atoms with E-state index in [0.29, 0.717) is 6.42 Å². The van der Waals surface area contributed by atoms with Crippen molar-refractivity contribution in [2.45, 2.75) is 135 Å². The van der Waals surface area contributed by atoms with E-state index in [1.807, 2.05) is 0 Å². The molecule has 7 N–H and O–H groups in total. The molecule has 40 heavy (non-hydrogen) atoms. The largest absolute Gasteiger partial charge is 0.479 e. The number of guanidine groups is 1. The molecular weight excluding hydrogens is 523 g/mol. The van der Waals surface area contributed by atoms with Gasteiger partial charge in [0, 0.05) is 25.5 Å². The zero-order valence-electron chi connectivity index (χ0n) is 24.0. The Balaban J connectivity index is 2.42. The number of alkyl halides is 1. The summed E-state index contributed by atoms with van der Waals surface area (Å²) in [7, 11) is 0. The van der Waals surface area contributed by atoms with E-state index in [1.165, 1.54) is 57.8 Å². The molecule has 0 saturated heterocycles. The summed E-state index contributed by atoms with van der Waals surface area (Å²) in [5.41, 5.74) is 5.13. The second-order valence-corrected chi connectivity index (χ2v) is 10.4. The number of aliphatic carboxylic acids is 1. The van der Waals surface area contributed by atoms with Gasteiger partial charge < -0.3 is 36.1 Å². The van der Waals surface area contributed by atoms with Gasteiger partial charge in [0.15, 0.2) is 18.2 Å². The van der Waals surface area contributed by atoms with Gasteiger partial charge in [0.2, 0.25) is 5.91 Å². The molecule has 0 radical (unpaired) electrons. The number of nitrogens with two attached hydrogens (primary N) is 1. The number of carbonyl (C=O) groups excluding carboxylic acids is 2. The maximum atomic E-state index is 15.3. The van der Waals surface area contributed by atoms with Crippen LogP contribution in [0.25, 0.3) is 0 Å². The second kappa shape index (κ2) is 20.2. The van der Waals surface area contributed by atoms with E-state index in [2.05, 4.69) is 17.6 Å². The number of nitrogens with one attached hydrogen (secondary N) is 3. The van der Waals surface area contributed by atoms with E-state index < -0.39 is 54.9 Å². The number of rotatable bonds is 21. The number of esters is 1. The number of ether oxygens (including phenoxy) is 2. The number of halogens is 1. The van der Waals surface area contributed by atoms with Gasteiger partial charge in [0.1, 0.15) is 18.8 Å². The monoisotopic (exact) mass is 572 g/mol. The first-order valence-electron chi connectivity index (χ1n) is 14.5. The summed E-state index contributed by atoms with van der Waals surface area (Å²) in [4.78, 5) is 35.3. The molecule has 0 saturated carbocycles. The summed E-state index contributed by atoms with van der Waals surface area (Å²) >= 11 is 0. The SMILES string of the molecule is CCCCCCCCCCCCCCCC(=O)OCC(O)C(F)C1O[C@H](C(=O)O)CC(NC(=N)N)=C1NC(C)=O. The molecule has 11 nitrogen and oxygen atoms in total. The minimum atomic E-state index is -2.25. The van der Waals surface area contributed by atoms with Crippen LogP contribution in [0.15, 0.2) is 11.4 Å². The van der Waals surface area contributed by atoms with Gasteiger partial charge >= 0.3 is 11.9 Å². The molecule has 1 amide bonds. The zero-order valence-corrected chi connectivity index (χ0v) is 24.0. The molecule has 1 rings (SSSR count). The normalized spacial score (nSPS) is 18.6. The van der Waals surface area contributed by atoms with Crippen molar-refractivity contribution >= 4 is 23.8 Å². The van der Waals surface area contributed by atoms with Crippen LogP contribution in [0, 0.1) is 5.41 Å². The quantitative estimate of drug-likeness (QED) is 0.0515. The molecule has 1 aliphatic heterocycles. The molecular formula is C28H49FN4O7. The van der Waals surface area contributed by atoms with Crippen molar-refractivity contribution in [2.24, 2.45) is 5.73 Å². The first-order chi connectivity index (χ1) is 19.1. The van der Waals surface area contributed by atoms with Crippen molar-refractivity contribution in [2.75, 3.05) is 6.61 Å². The number of hydrogen-bond donors (Lipinski definition) is 6. The number of carboxylic acids is 1. The van der Waals surface area contributed by atoms with Crippen LogP contribution in [-0.2, 0) is 23.9 Å². The Hall–Kier alpha value is -2.73. The number of amides is 1. The average Bonchev–Trinajstić information content (AvgIpc) is 2.89. The topological polar surface area (TPSA) is 184 Å². The Labute approximate surface area is 236 Å². The lowest BCUT2D eigenvalue weighted by Crippen LogP contribution is -2.51. The van der Waals surface area contributed by atoms with Gasteiger partial charge in [0.05, 0.1) is 5.70 Å². The van der Waals surface area contributed by atoms with Gasteiger partial charge in [0.25, 0.3) is 0 Å². The summed E-state index contributed by atoms with van der Waals surface area (Å²) in [5, 5.41) is 31.9. The smallest absolute Gasteiger partial charge is 0.333 e. The van der Waals surface area contributed by atoms with Gasteiger partial charge in [-0.25, -0.2) is 9.18 Å². The molecule has 0 aromatic rings. The Morgan fingerprint density at radius 2 is 1.55 bits per heavy atom. The second-order valence-electron chi connectivity index (χ2n) is 10.4. The number of aliphatic hydroxyl groups excluding tert-OH is 1. The van der Waals surface area contributed by atoms with Gasteiger partial charge in [-0.2, -0.15) is 0 Å². The average molecular weight is 573 g/mol. The summed E-state index contributed by atoms with van der Waals surface area (Å²) < 4.78 is 25.6. The summed E-state index contributed by atoms with van der Waals surface area (Å²) in [6.45, 7) is 2.71. The molecule has 0 aliphatic carbocycles. The van der Waals surface area contributed by atoms with Crippen LogP contribution in [0.2, 0.25) is 0 Å². The fraction of sp³-hybridized carbons (Fsp3) is 0.786. The highest BCUT2D eigenvalue weighted by molar-refractivity contribution is 5.79. The van der Waals surface area contributed by atoms with Crippen LogP contribution in [-0.4, -0.2) is 65.1 Å². The van der Waals surface area contributed by atoms with Crippen LogP contribution in [0.5, 0.6) is 0 Å². The minimum Gasteiger partial charge on any atom is -0.479 e. The first-order valence-corrected chi connectivity index (χ1v) is 14.5. The molecule has 0 aromatic heterocycles. The van der Waals surface area contributed by atoms with Crippen LogP contribution >= 0.6 is 0 Å². The third kappa shape index (κ3) is 14.6.